The fourth-order valence-electron chi connectivity index (χ4n) is 3.72. The van der Waals surface area contributed by atoms with Crippen molar-refractivity contribution >= 4 is 10.9 Å². The second kappa shape index (κ2) is 8.03. The van der Waals surface area contributed by atoms with Gasteiger partial charge >= 0.3 is 0 Å². The Morgan fingerprint density at radius 2 is 2.22 bits per heavy atom. The third kappa shape index (κ3) is 4.43. The van der Waals surface area contributed by atoms with Gasteiger partial charge in [-0.3, -0.25) is 14.7 Å². The van der Waals surface area contributed by atoms with Gasteiger partial charge in [-0.05, 0) is 61.5 Å². The van der Waals surface area contributed by atoms with Crippen molar-refractivity contribution in [2.45, 2.75) is 39.0 Å². The van der Waals surface area contributed by atoms with Crippen molar-refractivity contribution in [3.63, 3.8) is 0 Å². The highest BCUT2D eigenvalue weighted by Crippen LogP contribution is 2.18. The van der Waals surface area contributed by atoms with E-state index in [1.54, 1.807) is 6.20 Å². The Balaban J connectivity index is 1.42. The van der Waals surface area contributed by atoms with Crippen LogP contribution in [0.3, 0.4) is 0 Å². The maximum Gasteiger partial charge on any atom is 0.252 e. The number of nitrogens with one attached hydrogen (secondary N) is 1. The lowest BCUT2D eigenvalue weighted by atomic mass is 10.1. The molecule has 4 rings (SSSR count). The predicted molar refractivity (Wildman–Crippen MR) is 107 cm³/mol. The number of ether oxygens (including phenoxy) is 1. The number of hydrogen-bond donors (Lipinski definition) is 1. The van der Waals surface area contributed by atoms with Crippen LogP contribution < -0.4 is 5.56 Å². The van der Waals surface area contributed by atoms with Crippen LogP contribution >= 0.6 is 0 Å². The molecule has 0 spiro atoms. The van der Waals surface area contributed by atoms with Crippen LogP contribution in [0.4, 0.5) is 0 Å². The van der Waals surface area contributed by atoms with Crippen LogP contribution in [0, 0.1) is 6.92 Å². The van der Waals surface area contributed by atoms with Crippen molar-refractivity contribution in [3.8, 4) is 0 Å². The summed E-state index contributed by atoms with van der Waals surface area (Å²) in [5.74, 6) is 0. The first-order valence-electron chi connectivity index (χ1n) is 9.53. The number of rotatable bonds is 5. The van der Waals surface area contributed by atoms with E-state index in [2.05, 4.69) is 27.9 Å². The molecular weight excluding hydrogens is 338 g/mol. The zero-order chi connectivity index (χ0) is 18.6. The van der Waals surface area contributed by atoms with E-state index in [0.717, 1.165) is 48.0 Å². The molecule has 1 unspecified atom stereocenters. The van der Waals surface area contributed by atoms with Gasteiger partial charge < -0.3 is 9.72 Å². The van der Waals surface area contributed by atoms with Gasteiger partial charge in [0.15, 0.2) is 0 Å². The molecular formula is C22H25N3O2. The van der Waals surface area contributed by atoms with E-state index in [9.17, 15) is 4.79 Å². The smallest absolute Gasteiger partial charge is 0.252 e. The quantitative estimate of drug-likeness (QED) is 0.755. The summed E-state index contributed by atoms with van der Waals surface area (Å²) in [5, 5.41) is 1.09. The largest absolute Gasteiger partial charge is 0.372 e. The van der Waals surface area contributed by atoms with Gasteiger partial charge in [-0.25, -0.2) is 0 Å². The van der Waals surface area contributed by atoms with Crippen LogP contribution in [0.1, 0.15) is 29.5 Å². The molecule has 0 bridgehead atoms. The number of aromatic nitrogens is 2. The Bertz CT molecular complexity index is 968. The SMILES string of the molecule is Cc1ccc2[nH]c(=O)c(CN3CCCC(OCc4cccnc4)C3)cc2c1. The Hall–Kier alpha value is -2.50. The van der Waals surface area contributed by atoms with Gasteiger partial charge in [0.05, 0.1) is 12.7 Å². The highest BCUT2D eigenvalue weighted by Gasteiger charge is 2.21. The maximum atomic E-state index is 12.5. The molecule has 3 aromatic rings. The molecule has 0 radical (unpaired) electrons. The third-order valence-corrected chi connectivity index (χ3v) is 5.14. The van der Waals surface area contributed by atoms with Gasteiger partial charge in [-0.15, -0.1) is 0 Å². The van der Waals surface area contributed by atoms with Gasteiger partial charge in [0, 0.05) is 36.6 Å². The summed E-state index contributed by atoms with van der Waals surface area (Å²) in [6.07, 6.45) is 5.96. The number of nitrogens with zero attached hydrogens (tertiary/aromatic N) is 2. The van der Waals surface area contributed by atoms with Crippen molar-refractivity contribution in [1.82, 2.24) is 14.9 Å². The Kier molecular flexibility index (Phi) is 5.32. The first-order valence-corrected chi connectivity index (χ1v) is 9.53. The molecule has 1 aromatic carbocycles. The molecule has 1 saturated heterocycles. The second-order valence-electron chi connectivity index (χ2n) is 7.39. The molecule has 1 fully saturated rings. The minimum absolute atomic E-state index is 0.00440. The molecule has 2 aromatic heterocycles. The summed E-state index contributed by atoms with van der Waals surface area (Å²) in [5.41, 5.74) is 4.01. The zero-order valence-electron chi connectivity index (χ0n) is 15.6. The normalized spacial score (nSPS) is 18.0. The minimum Gasteiger partial charge on any atom is -0.372 e. The number of H-pyrrole nitrogens is 1. The molecule has 5 heteroatoms. The van der Waals surface area contributed by atoms with Crippen LogP contribution in [0.15, 0.2) is 53.6 Å². The molecule has 1 atom stereocenters. The number of aryl methyl sites for hydroxylation is 1. The number of piperidine rings is 1. The van der Waals surface area contributed by atoms with Crippen molar-refractivity contribution in [1.29, 1.82) is 0 Å². The molecule has 1 aliphatic rings. The number of fused-ring (bicyclic) bond motifs is 1. The molecule has 27 heavy (non-hydrogen) atoms. The first-order chi connectivity index (χ1) is 13.2. The van der Waals surface area contributed by atoms with Crippen molar-refractivity contribution in [2.24, 2.45) is 0 Å². The molecule has 3 heterocycles. The van der Waals surface area contributed by atoms with E-state index in [0.29, 0.717) is 13.2 Å². The Morgan fingerprint density at radius 3 is 3.07 bits per heavy atom. The van der Waals surface area contributed by atoms with E-state index in [1.807, 2.05) is 36.5 Å². The Labute approximate surface area is 159 Å². The highest BCUT2D eigenvalue weighted by atomic mass is 16.5. The molecule has 0 saturated carbocycles. The van der Waals surface area contributed by atoms with Crippen LogP contribution in [0.2, 0.25) is 0 Å². The predicted octanol–water partition coefficient (Wildman–Crippen LogP) is 3.41. The monoisotopic (exact) mass is 363 g/mol. The fraction of sp³-hybridized carbons (Fsp3) is 0.364. The lowest BCUT2D eigenvalue weighted by Gasteiger charge is -2.32. The molecule has 140 valence electrons. The third-order valence-electron chi connectivity index (χ3n) is 5.14. The summed E-state index contributed by atoms with van der Waals surface area (Å²) in [6.45, 7) is 5.16. The summed E-state index contributed by atoms with van der Waals surface area (Å²) >= 11 is 0. The van der Waals surface area contributed by atoms with Crippen LogP contribution in [0.25, 0.3) is 10.9 Å². The van der Waals surface area contributed by atoms with E-state index in [1.165, 1.54) is 5.56 Å². The van der Waals surface area contributed by atoms with Crippen molar-refractivity contribution in [2.75, 3.05) is 13.1 Å². The number of likely N-dealkylation sites (tertiary alicyclic amines) is 1. The second-order valence-corrected chi connectivity index (χ2v) is 7.39. The number of hydrogen-bond acceptors (Lipinski definition) is 4. The van der Waals surface area contributed by atoms with Gasteiger partial charge in [-0.2, -0.15) is 0 Å². The van der Waals surface area contributed by atoms with Crippen molar-refractivity contribution in [3.05, 3.63) is 75.8 Å². The fourth-order valence-corrected chi connectivity index (χ4v) is 3.72. The summed E-state index contributed by atoms with van der Waals surface area (Å²) in [6, 6.07) is 12.1. The first kappa shape index (κ1) is 17.9. The minimum atomic E-state index is 0.00440. The standard InChI is InChI=1S/C22H25N3O2/c1-16-6-7-21-18(10-16)11-19(22(26)24-21)13-25-9-3-5-20(14-25)27-15-17-4-2-8-23-12-17/h2,4,6-8,10-12,20H,3,5,9,13-15H2,1H3,(H,24,26). The average Bonchev–Trinajstić information content (AvgIpc) is 2.68. The Morgan fingerprint density at radius 1 is 1.30 bits per heavy atom. The lowest BCUT2D eigenvalue weighted by molar-refractivity contribution is -0.0122. The summed E-state index contributed by atoms with van der Waals surface area (Å²) < 4.78 is 6.09. The lowest BCUT2D eigenvalue weighted by Crippen LogP contribution is -2.40. The topological polar surface area (TPSA) is 58.2 Å². The maximum absolute atomic E-state index is 12.5. The molecule has 0 aliphatic carbocycles. The van der Waals surface area contributed by atoms with Crippen LogP contribution in [-0.2, 0) is 17.9 Å². The molecule has 5 nitrogen and oxygen atoms in total. The number of benzene rings is 1. The van der Waals surface area contributed by atoms with Crippen molar-refractivity contribution < 1.29 is 4.74 Å². The number of pyridine rings is 2. The highest BCUT2D eigenvalue weighted by molar-refractivity contribution is 5.79. The van der Waals surface area contributed by atoms with Gasteiger partial charge in [0.2, 0.25) is 0 Å². The van der Waals surface area contributed by atoms with E-state index >= 15 is 0 Å². The summed E-state index contributed by atoms with van der Waals surface area (Å²) in [7, 11) is 0. The van der Waals surface area contributed by atoms with E-state index in [-0.39, 0.29) is 11.7 Å². The van der Waals surface area contributed by atoms with Gasteiger partial charge in [-0.1, -0.05) is 17.7 Å². The van der Waals surface area contributed by atoms with Gasteiger partial charge in [0.1, 0.15) is 0 Å². The average molecular weight is 363 g/mol. The van der Waals surface area contributed by atoms with E-state index in [4.69, 9.17) is 4.74 Å². The molecule has 1 aliphatic heterocycles. The zero-order valence-corrected chi connectivity index (χ0v) is 15.6. The molecule has 1 N–H and O–H groups in total. The van der Waals surface area contributed by atoms with Gasteiger partial charge in [0.25, 0.3) is 5.56 Å². The van der Waals surface area contributed by atoms with E-state index < -0.39 is 0 Å². The molecule has 0 amide bonds. The van der Waals surface area contributed by atoms with Crippen LogP contribution in [0.5, 0.6) is 0 Å². The summed E-state index contributed by atoms with van der Waals surface area (Å²) in [4.78, 5) is 21.9. The number of aromatic amines is 1. The van der Waals surface area contributed by atoms with Crippen LogP contribution in [-0.4, -0.2) is 34.1 Å².